The molecular formula is C12H11FN2O2. The minimum atomic E-state index is -0.852. The number of halogens is 1. The minimum Gasteiger partial charge on any atom is -0.481 e. The van der Waals surface area contributed by atoms with Gasteiger partial charge < -0.3 is 5.11 Å². The Kier molecular flexibility index (Phi) is 1.98. The lowest BCUT2D eigenvalue weighted by atomic mass is 10.0. The first-order valence-corrected chi connectivity index (χ1v) is 5.42. The molecule has 1 N–H and O–H groups in total. The lowest BCUT2D eigenvalue weighted by Gasteiger charge is -2.02. The largest absolute Gasteiger partial charge is 0.481 e. The summed E-state index contributed by atoms with van der Waals surface area (Å²) in [6.07, 6.45) is 2.26. The summed E-state index contributed by atoms with van der Waals surface area (Å²) < 4.78 is 15.4. The molecule has 0 radical (unpaired) electrons. The fraction of sp³-hybridized carbons (Fsp3) is 0.333. The zero-order valence-corrected chi connectivity index (χ0v) is 9.22. The van der Waals surface area contributed by atoms with E-state index in [1.54, 1.807) is 24.0 Å². The van der Waals surface area contributed by atoms with E-state index in [2.05, 4.69) is 5.10 Å². The fourth-order valence-electron chi connectivity index (χ4n) is 2.37. The first kappa shape index (κ1) is 10.3. The van der Waals surface area contributed by atoms with E-state index in [1.807, 2.05) is 0 Å². The number of hydrogen-bond donors (Lipinski definition) is 1. The molecule has 1 saturated carbocycles. The molecule has 1 heterocycles. The molecule has 1 aromatic heterocycles. The molecule has 0 aliphatic heterocycles. The van der Waals surface area contributed by atoms with Gasteiger partial charge in [-0.1, -0.05) is 0 Å². The van der Waals surface area contributed by atoms with Gasteiger partial charge >= 0.3 is 5.97 Å². The van der Waals surface area contributed by atoms with Gasteiger partial charge in [0, 0.05) is 30.1 Å². The van der Waals surface area contributed by atoms with Crippen molar-refractivity contribution in [3.63, 3.8) is 0 Å². The van der Waals surface area contributed by atoms with Gasteiger partial charge in [-0.3, -0.25) is 9.48 Å². The molecule has 3 rings (SSSR count). The predicted molar refractivity (Wildman–Crippen MR) is 59.2 cm³/mol. The first-order valence-electron chi connectivity index (χ1n) is 5.42. The number of aromatic nitrogens is 2. The number of aryl methyl sites for hydroxylation is 1. The summed E-state index contributed by atoms with van der Waals surface area (Å²) in [5, 5.41) is 13.8. The Hall–Kier alpha value is -1.91. The Bertz CT molecular complexity index is 620. The van der Waals surface area contributed by atoms with Gasteiger partial charge in [0.05, 0.1) is 11.4 Å². The number of benzene rings is 1. The topological polar surface area (TPSA) is 55.1 Å². The highest BCUT2D eigenvalue weighted by Gasteiger charge is 2.46. The summed E-state index contributed by atoms with van der Waals surface area (Å²) in [5.74, 6) is -1.84. The zero-order chi connectivity index (χ0) is 12.2. The molecule has 5 heteroatoms. The maximum Gasteiger partial charge on any atom is 0.307 e. The van der Waals surface area contributed by atoms with Crippen LogP contribution in [-0.4, -0.2) is 20.9 Å². The quantitative estimate of drug-likeness (QED) is 0.863. The van der Waals surface area contributed by atoms with Crippen LogP contribution in [0, 0.1) is 11.7 Å². The summed E-state index contributed by atoms with van der Waals surface area (Å²) in [4.78, 5) is 10.9. The van der Waals surface area contributed by atoms with Gasteiger partial charge in [-0.15, -0.1) is 0 Å². The normalized spacial score (nSPS) is 22.9. The third-order valence-corrected chi connectivity index (χ3v) is 3.27. The Morgan fingerprint density at radius 3 is 3.00 bits per heavy atom. The van der Waals surface area contributed by atoms with E-state index in [0.717, 1.165) is 5.39 Å². The molecule has 2 unspecified atom stereocenters. The second-order valence-electron chi connectivity index (χ2n) is 4.48. The average molecular weight is 234 g/mol. The molecule has 1 fully saturated rings. The molecule has 0 spiro atoms. The highest BCUT2D eigenvalue weighted by Crippen LogP contribution is 2.50. The van der Waals surface area contributed by atoms with Crippen molar-refractivity contribution in [1.82, 2.24) is 9.78 Å². The standard InChI is InChI=1S/C12H11FN2O2/c1-15-5-8-10(14-15)3-2-9(13)11(8)6-4-7(6)12(16)17/h2-3,5-7H,4H2,1H3,(H,16,17). The van der Waals surface area contributed by atoms with Crippen LogP contribution >= 0.6 is 0 Å². The number of nitrogens with zero attached hydrogens (tertiary/aromatic N) is 2. The lowest BCUT2D eigenvalue weighted by molar-refractivity contribution is -0.138. The Morgan fingerprint density at radius 1 is 1.59 bits per heavy atom. The van der Waals surface area contributed by atoms with Crippen LogP contribution in [-0.2, 0) is 11.8 Å². The summed E-state index contributed by atoms with van der Waals surface area (Å²) in [7, 11) is 1.77. The van der Waals surface area contributed by atoms with Crippen molar-refractivity contribution in [1.29, 1.82) is 0 Å². The van der Waals surface area contributed by atoms with Crippen molar-refractivity contribution in [2.24, 2.45) is 13.0 Å². The molecule has 2 atom stereocenters. The SMILES string of the molecule is Cn1cc2c(C3CC3C(=O)O)c(F)ccc2n1. The molecular weight excluding hydrogens is 223 g/mol. The summed E-state index contributed by atoms with van der Waals surface area (Å²) >= 11 is 0. The average Bonchev–Trinajstić information content (AvgIpc) is 2.94. The first-order chi connectivity index (χ1) is 8.08. The second-order valence-corrected chi connectivity index (χ2v) is 4.48. The molecule has 1 aliphatic rings. The third-order valence-electron chi connectivity index (χ3n) is 3.27. The summed E-state index contributed by atoms with van der Waals surface area (Å²) in [5.41, 5.74) is 1.21. The number of aliphatic carboxylic acids is 1. The fourth-order valence-corrected chi connectivity index (χ4v) is 2.37. The van der Waals surface area contributed by atoms with Crippen LogP contribution in [0.4, 0.5) is 4.39 Å². The number of rotatable bonds is 2. The number of carboxylic acids is 1. The summed E-state index contributed by atoms with van der Waals surface area (Å²) in [6.45, 7) is 0. The molecule has 2 aromatic rings. The van der Waals surface area contributed by atoms with E-state index in [9.17, 15) is 9.18 Å². The molecule has 4 nitrogen and oxygen atoms in total. The monoisotopic (exact) mass is 234 g/mol. The van der Waals surface area contributed by atoms with Crippen molar-refractivity contribution in [3.8, 4) is 0 Å². The van der Waals surface area contributed by atoms with Crippen LogP contribution in [0.2, 0.25) is 0 Å². The van der Waals surface area contributed by atoms with Crippen LogP contribution in [0.15, 0.2) is 18.3 Å². The van der Waals surface area contributed by atoms with E-state index < -0.39 is 11.9 Å². The van der Waals surface area contributed by atoms with Crippen LogP contribution in [0.3, 0.4) is 0 Å². The van der Waals surface area contributed by atoms with Crippen molar-refractivity contribution in [3.05, 3.63) is 29.7 Å². The molecule has 88 valence electrons. The number of fused-ring (bicyclic) bond motifs is 1. The zero-order valence-electron chi connectivity index (χ0n) is 9.22. The van der Waals surface area contributed by atoms with Crippen molar-refractivity contribution in [2.45, 2.75) is 12.3 Å². The highest BCUT2D eigenvalue weighted by atomic mass is 19.1. The number of carbonyl (C=O) groups is 1. The van der Waals surface area contributed by atoms with Crippen LogP contribution in [0.5, 0.6) is 0 Å². The van der Waals surface area contributed by atoms with Gasteiger partial charge in [0.15, 0.2) is 0 Å². The van der Waals surface area contributed by atoms with E-state index in [1.165, 1.54) is 6.07 Å². The Balaban J connectivity index is 2.15. The van der Waals surface area contributed by atoms with E-state index in [4.69, 9.17) is 5.11 Å². The van der Waals surface area contributed by atoms with E-state index in [-0.39, 0.29) is 11.7 Å². The lowest BCUT2D eigenvalue weighted by Crippen LogP contribution is -2.00. The van der Waals surface area contributed by atoms with Gasteiger partial charge in [0.1, 0.15) is 5.82 Å². The van der Waals surface area contributed by atoms with Crippen LogP contribution in [0.1, 0.15) is 17.9 Å². The number of carboxylic acid groups (broad SMARTS) is 1. The summed E-state index contributed by atoms with van der Waals surface area (Å²) in [6, 6.07) is 2.98. The van der Waals surface area contributed by atoms with Crippen molar-refractivity contribution >= 4 is 16.9 Å². The van der Waals surface area contributed by atoms with Gasteiger partial charge in [-0.2, -0.15) is 5.10 Å². The highest BCUT2D eigenvalue weighted by molar-refractivity contribution is 5.85. The molecule has 0 bridgehead atoms. The Labute approximate surface area is 96.7 Å². The molecule has 0 amide bonds. The van der Waals surface area contributed by atoms with Gasteiger partial charge in [0.25, 0.3) is 0 Å². The van der Waals surface area contributed by atoms with Crippen molar-refractivity contribution < 1.29 is 14.3 Å². The van der Waals surface area contributed by atoms with E-state index in [0.29, 0.717) is 17.5 Å². The van der Waals surface area contributed by atoms with Gasteiger partial charge in [-0.25, -0.2) is 4.39 Å². The van der Waals surface area contributed by atoms with Crippen molar-refractivity contribution in [2.75, 3.05) is 0 Å². The van der Waals surface area contributed by atoms with Gasteiger partial charge in [-0.05, 0) is 18.6 Å². The molecule has 1 aromatic carbocycles. The molecule has 17 heavy (non-hydrogen) atoms. The van der Waals surface area contributed by atoms with Crippen LogP contribution < -0.4 is 0 Å². The van der Waals surface area contributed by atoms with E-state index >= 15 is 0 Å². The predicted octanol–water partition coefficient (Wildman–Crippen LogP) is 1.90. The molecule has 1 aliphatic carbocycles. The third kappa shape index (κ3) is 1.50. The smallest absolute Gasteiger partial charge is 0.307 e. The van der Waals surface area contributed by atoms with Crippen LogP contribution in [0.25, 0.3) is 10.9 Å². The maximum absolute atomic E-state index is 13.8. The van der Waals surface area contributed by atoms with Gasteiger partial charge in [0.2, 0.25) is 0 Å². The second kappa shape index (κ2) is 3.29. The molecule has 0 saturated heterocycles. The minimum absolute atomic E-state index is 0.208. The maximum atomic E-state index is 13.8. The Morgan fingerprint density at radius 2 is 2.35 bits per heavy atom. The number of hydrogen-bond acceptors (Lipinski definition) is 2.